The van der Waals surface area contributed by atoms with E-state index in [0.717, 1.165) is 37.7 Å². The van der Waals surface area contributed by atoms with Crippen molar-refractivity contribution < 1.29 is 0 Å². The van der Waals surface area contributed by atoms with Crippen LogP contribution >= 0.6 is 11.6 Å². The lowest BCUT2D eigenvalue weighted by atomic mass is 10.1. The molecule has 0 aromatic heterocycles. The van der Waals surface area contributed by atoms with Gasteiger partial charge in [0.1, 0.15) is 0 Å². The van der Waals surface area contributed by atoms with Gasteiger partial charge in [-0.3, -0.25) is 4.90 Å². The second-order valence-corrected chi connectivity index (χ2v) is 6.23. The number of piperazine rings is 1. The van der Waals surface area contributed by atoms with E-state index in [1.165, 1.54) is 24.2 Å². The number of halogens is 1. The Bertz CT molecular complexity index is 442. The first kappa shape index (κ1) is 16.6. The summed E-state index contributed by atoms with van der Waals surface area (Å²) in [7, 11) is 0. The normalized spacial score (nSPS) is 18.0. The summed E-state index contributed by atoms with van der Waals surface area (Å²) in [6.45, 7) is 13.2. The Morgan fingerprint density at radius 2 is 1.90 bits per heavy atom. The second-order valence-electron chi connectivity index (χ2n) is 5.82. The fraction of sp³-hybridized carbons (Fsp3) is 0.647. The molecule has 118 valence electrons. The molecule has 1 N–H and O–H groups in total. The second kappa shape index (κ2) is 8.02. The average Bonchev–Trinajstić information content (AvgIpc) is 2.49. The van der Waals surface area contributed by atoms with Crippen LogP contribution in [0.25, 0.3) is 0 Å². The van der Waals surface area contributed by atoms with Crippen LogP contribution in [0, 0.1) is 0 Å². The van der Waals surface area contributed by atoms with Crippen LogP contribution in [-0.2, 0) is 0 Å². The molecule has 1 saturated heterocycles. The molecule has 2 rings (SSSR count). The molecule has 0 amide bonds. The summed E-state index contributed by atoms with van der Waals surface area (Å²) in [6, 6.07) is 6.85. The summed E-state index contributed by atoms with van der Waals surface area (Å²) >= 11 is 6.52. The van der Waals surface area contributed by atoms with Gasteiger partial charge in [0.15, 0.2) is 0 Å². The van der Waals surface area contributed by atoms with Gasteiger partial charge in [0, 0.05) is 32.2 Å². The number of nitrogens with one attached hydrogen (secondary N) is 1. The molecule has 4 heteroatoms. The first-order valence-corrected chi connectivity index (χ1v) is 8.53. The van der Waals surface area contributed by atoms with Crippen molar-refractivity contribution in [2.45, 2.75) is 33.2 Å². The van der Waals surface area contributed by atoms with Gasteiger partial charge >= 0.3 is 0 Å². The molecule has 0 radical (unpaired) electrons. The molecule has 1 heterocycles. The minimum atomic E-state index is 0.350. The molecule has 1 unspecified atom stereocenters. The van der Waals surface area contributed by atoms with Crippen LogP contribution in [-0.4, -0.2) is 44.2 Å². The summed E-state index contributed by atoms with van der Waals surface area (Å²) in [5, 5.41) is 4.31. The smallest absolute Gasteiger partial charge is 0.0642 e. The van der Waals surface area contributed by atoms with Gasteiger partial charge in [0.05, 0.1) is 10.7 Å². The van der Waals surface area contributed by atoms with E-state index in [1.807, 2.05) is 0 Å². The third kappa shape index (κ3) is 4.35. The van der Waals surface area contributed by atoms with Gasteiger partial charge in [-0.25, -0.2) is 0 Å². The molecule has 1 fully saturated rings. The van der Waals surface area contributed by atoms with Crippen molar-refractivity contribution in [2.75, 3.05) is 44.2 Å². The van der Waals surface area contributed by atoms with Crippen LogP contribution in [0.5, 0.6) is 0 Å². The van der Waals surface area contributed by atoms with E-state index in [1.54, 1.807) is 0 Å². The predicted molar refractivity (Wildman–Crippen MR) is 92.5 cm³/mol. The Morgan fingerprint density at radius 1 is 1.19 bits per heavy atom. The van der Waals surface area contributed by atoms with E-state index in [0.29, 0.717) is 6.04 Å². The van der Waals surface area contributed by atoms with Crippen LogP contribution in [0.3, 0.4) is 0 Å². The van der Waals surface area contributed by atoms with Crippen LogP contribution in [0.1, 0.15) is 38.8 Å². The van der Waals surface area contributed by atoms with E-state index < -0.39 is 0 Å². The van der Waals surface area contributed by atoms with Gasteiger partial charge in [0.2, 0.25) is 0 Å². The fourth-order valence-corrected chi connectivity index (χ4v) is 3.31. The summed E-state index contributed by atoms with van der Waals surface area (Å²) in [4.78, 5) is 4.95. The summed E-state index contributed by atoms with van der Waals surface area (Å²) in [5.41, 5.74) is 2.44. The van der Waals surface area contributed by atoms with Crippen LogP contribution in [0.15, 0.2) is 18.2 Å². The van der Waals surface area contributed by atoms with Crippen LogP contribution in [0.4, 0.5) is 5.69 Å². The Labute approximate surface area is 134 Å². The molecule has 0 spiro atoms. The fourth-order valence-electron chi connectivity index (χ4n) is 3.00. The third-order valence-corrected chi connectivity index (χ3v) is 4.54. The van der Waals surface area contributed by atoms with Crippen molar-refractivity contribution in [3.05, 3.63) is 28.8 Å². The first-order valence-electron chi connectivity index (χ1n) is 8.15. The van der Waals surface area contributed by atoms with E-state index >= 15 is 0 Å². The van der Waals surface area contributed by atoms with Gasteiger partial charge in [-0.15, -0.1) is 0 Å². The van der Waals surface area contributed by atoms with Gasteiger partial charge in [-0.1, -0.05) is 31.5 Å². The lowest BCUT2D eigenvalue weighted by Crippen LogP contribution is -2.46. The summed E-state index contributed by atoms with van der Waals surface area (Å²) in [6.07, 6.45) is 1.23. The van der Waals surface area contributed by atoms with Crippen molar-refractivity contribution in [1.29, 1.82) is 0 Å². The Kier molecular flexibility index (Phi) is 6.34. The topological polar surface area (TPSA) is 18.5 Å². The highest BCUT2D eigenvalue weighted by molar-refractivity contribution is 6.33. The lowest BCUT2D eigenvalue weighted by Gasteiger charge is -2.36. The van der Waals surface area contributed by atoms with E-state index in [2.05, 4.69) is 54.1 Å². The molecule has 1 aromatic rings. The Balaban J connectivity index is 2.01. The van der Waals surface area contributed by atoms with E-state index in [-0.39, 0.29) is 0 Å². The molecule has 3 nitrogen and oxygen atoms in total. The Morgan fingerprint density at radius 3 is 2.48 bits per heavy atom. The van der Waals surface area contributed by atoms with Crippen LogP contribution < -0.4 is 10.2 Å². The van der Waals surface area contributed by atoms with Gasteiger partial charge < -0.3 is 10.2 Å². The maximum Gasteiger partial charge on any atom is 0.0642 e. The number of nitrogens with zero attached hydrogens (tertiary/aromatic N) is 2. The standard InChI is InChI=1S/C17H28ClN3/c1-4-8-20-9-11-21(12-10-20)17-7-6-15(13-16(17)18)14(3)19-5-2/h6-7,13-14,19H,4-5,8-12H2,1-3H3. The molecule has 0 bridgehead atoms. The minimum Gasteiger partial charge on any atom is -0.368 e. The number of rotatable bonds is 6. The molecule has 21 heavy (non-hydrogen) atoms. The van der Waals surface area contributed by atoms with Crippen molar-refractivity contribution >= 4 is 17.3 Å². The highest BCUT2D eigenvalue weighted by Crippen LogP contribution is 2.29. The summed E-state index contributed by atoms with van der Waals surface area (Å²) in [5.74, 6) is 0. The molecule has 0 aliphatic carbocycles. The molecule has 1 atom stereocenters. The lowest BCUT2D eigenvalue weighted by molar-refractivity contribution is 0.258. The predicted octanol–water partition coefficient (Wildman–Crippen LogP) is 3.54. The number of hydrogen-bond donors (Lipinski definition) is 1. The van der Waals surface area contributed by atoms with Crippen molar-refractivity contribution in [2.24, 2.45) is 0 Å². The van der Waals surface area contributed by atoms with Crippen molar-refractivity contribution in [3.8, 4) is 0 Å². The maximum atomic E-state index is 6.52. The number of hydrogen-bond acceptors (Lipinski definition) is 3. The quantitative estimate of drug-likeness (QED) is 0.867. The van der Waals surface area contributed by atoms with Crippen molar-refractivity contribution in [1.82, 2.24) is 10.2 Å². The van der Waals surface area contributed by atoms with Crippen molar-refractivity contribution in [3.63, 3.8) is 0 Å². The highest BCUT2D eigenvalue weighted by Gasteiger charge is 2.18. The molecule has 1 aromatic carbocycles. The van der Waals surface area contributed by atoms with Gasteiger partial charge in [-0.05, 0) is 44.1 Å². The zero-order valence-electron chi connectivity index (χ0n) is 13.5. The average molecular weight is 310 g/mol. The van der Waals surface area contributed by atoms with E-state index in [4.69, 9.17) is 11.6 Å². The third-order valence-electron chi connectivity index (χ3n) is 4.23. The number of benzene rings is 1. The zero-order chi connectivity index (χ0) is 15.2. The van der Waals surface area contributed by atoms with E-state index in [9.17, 15) is 0 Å². The van der Waals surface area contributed by atoms with Crippen LogP contribution in [0.2, 0.25) is 5.02 Å². The molecule has 1 aliphatic heterocycles. The highest BCUT2D eigenvalue weighted by atomic mass is 35.5. The van der Waals surface area contributed by atoms with Gasteiger partial charge in [-0.2, -0.15) is 0 Å². The maximum absolute atomic E-state index is 6.52. The molecule has 1 aliphatic rings. The first-order chi connectivity index (χ1) is 10.2. The Hall–Kier alpha value is -0.770. The van der Waals surface area contributed by atoms with Gasteiger partial charge in [0.25, 0.3) is 0 Å². The number of anilines is 1. The summed E-state index contributed by atoms with van der Waals surface area (Å²) < 4.78 is 0. The molecule has 0 saturated carbocycles. The SMILES string of the molecule is CCCN1CCN(c2ccc(C(C)NCC)cc2Cl)CC1. The monoisotopic (exact) mass is 309 g/mol. The zero-order valence-corrected chi connectivity index (χ0v) is 14.3. The minimum absolute atomic E-state index is 0.350. The largest absolute Gasteiger partial charge is 0.368 e. The molecular formula is C17H28ClN3. The molecular weight excluding hydrogens is 282 g/mol.